The quantitative estimate of drug-likeness (QED) is 0.821. The van der Waals surface area contributed by atoms with E-state index in [0.29, 0.717) is 0 Å². The van der Waals surface area contributed by atoms with Crippen LogP contribution in [0.15, 0.2) is 5.38 Å². The number of aromatic nitrogens is 1. The van der Waals surface area contributed by atoms with Crippen LogP contribution < -0.4 is 10.2 Å². The van der Waals surface area contributed by atoms with Gasteiger partial charge in [0.05, 0.1) is 5.01 Å². The van der Waals surface area contributed by atoms with Crippen molar-refractivity contribution in [2.24, 2.45) is 0 Å². The molecular weight excluding hydrogens is 194 g/mol. The second-order valence-electron chi connectivity index (χ2n) is 3.59. The Morgan fingerprint density at radius 3 is 3.00 bits per heavy atom. The lowest BCUT2D eigenvalue weighted by atomic mass is 10.3. The number of nitrogens with zero attached hydrogens (tertiary/aromatic N) is 2. The Hall–Kier alpha value is -0.610. The van der Waals surface area contributed by atoms with E-state index in [9.17, 15) is 0 Å². The predicted octanol–water partition coefficient (Wildman–Crippen LogP) is 1.51. The monoisotopic (exact) mass is 211 g/mol. The molecule has 0 atom stereocenters. The standard InChI is InChI=1S/C10H17N3S/c1-2-3-10-12-9(8-14-10)13-6-4-11-5-7-13/h8,11H,2-7H2,1H3. The molecule has 1 aliphatic rings. The van der Waals surface area contributed by atoms with Gasteiger partial charge in [-0.15, -0.1) is 11.3 Å². The van der Waals surface area contributed by atoms with Crippen molar-refractivity contribution in [3.8, 4) is 0 Å². The lowest BCUT2D eigenvalue weighted by Crippen LogP contribution is -2.43. The van der Waals surface area contributed by atoms with Crippen molar-refractivity contribution in [2.45, 2.75) is 19.8 Å². The van der Waals surface area contributed by atoms with Gasteiger partial charge in [-0.25, -0.2) is 4.98 Å². The third-order valence-electron chi connectivity index (χ3n) is 2.44. The molecule has 0 spiro atoms. The molecule has 3 nitrogen and oxygen atoms in total. The number of thiazole rings is 1. The molecule has 0 aliphatic carbocycles. The van der Waals surface area contributed by atoms with Gasteiger partial charge in [0.1, 0.15) is 5.82 Å². The number of hydrogen-bond donors (Lipinski definition) is 1. The molecule has 78 valence electrons. The maximum Gasteiger partial charge on any atom is 0.139 e. The molecule has 1 saturated heterocycles. The van der Waals surface area contributed by atoms with Crippen LogP contribution in [0.1, 0.15) is 18.4 Å². The van der Waals surface area contributed by atoms with E-state index in [1.54, 1.807) is 11.3 Å². The normalized spacial score (nSPS) is 17.4. The van der Waals surface area contributed by atoms with E-state index in [1.165, 1.54) is 17.2 Å². The molecule has 1 N–H and O–H groups in total. The first-order valence-corrected chi connectivity index (χ1v) is 6.18. The maximum absolute atomic E-state index is 4.64. The Balaban J connectivity index is 2.00. The molecule has 2 rings (SSSR count). The highest BCUT2D eigenvalue weighted by Crippen LogP contribution is 2.19. The van der Waals surface area contributed by atoms with Gasteiger partial charge >= 0.3 is 0 Å². The summed E-state index contributed by atoms with van der Waals surface area (Å²) >= 11 is 1.79. The lowest BCUT2D eigenvalue weighted by Gasteiger charge is -2.27. The molecule has 1 aromatic heterocycles. The summed E-state index contributed by atoms with van der Waals surface area (Å²) < 4.78 is 0. The number of hydrogen-bond acceptors (Lipinski definition) is 4. The van der Waals surface area contributed by atoms with E-state index in [1.807, 2.05) is 0 Å². The maximum atomic E-state index is 4.64. The van der Waals surface area contributed by atoms with Crippen LogP contribution in [-0.2, 0) is 6.42 Å². The zero-order valence-corrected chi connectivity index (χ0v) is 9.44. The molecule has 0 bridgehead atoms. The highest BCUT2D eigenvalue weighted by Gasteiger charge is 2.12. The summed E-state index contributed by atoms with van der Waals surface area (Å²) in [6, 6.07) is 0. The molecule has 0 unspecified atom stereocenters. The van der Waals surface area contributed by atoms with Crippen LogP contribution in [0.2, 0.25) is 0 Å². The highest BCUT2D eigenvalue weighted by atomic mass is 32.1. The van der Waals surface area contributed by atoms with Gasteiger partial charge in [0.15, 0.2) is 0 Å². The van der Waals surface area contributed by atoms with E-state index in [2.05, 4.69) is 27.5 Å². The van der Waals surface area contributed by atoms with E-state index in [-0.39, 0.29) is 0 Å². The molecule has 1 aromatic rings. The third-order valence-corrected chi connectivity index (χ3v) is 3.34. The fourth-order valence-corrected chi connectivity index (χ4v) is 2.58. The Labute approximate surface area is 89.1 Å². The Kier molecular flexibility index (Phi) is 3.37. The summed E-state index contributed by atoms with van der Waals surface area (Å²) in [5, 5.41) is 6.82. The first-order valence-electron chi connectivity index (χ1n) is 5.30. The van der Waals surface area contributed by atoms with Crippen LogP contribution in [0.5, 0.6) is 0 Å². The molecule has 1 aliphatic heterocycles. The Bertz CT molecular complexity index is 279. The van der Waals surface area contributed by atoms with Gasteiger partial charge in [-0.3, -0.25) is 0 Å². The van der Waals surface area contributed by atoms with Gasteiger partial charge in [-0.1, -0.05) is 6.92 Å². The molecule has 4 heteroatoms. The van der Waals surface area contributed by atoms with Crippen molar-refractivity contribution in [1.82, 2.24) is 10.3 Å². The molecule has 0 amide bonds. The van der Waals surface area contributed by atoms with Gasteiger partial charge in [-0.2, -0.15) is 0 Å². The SMILES string of the molecule is CCCc1nc(N2CCNCC2)cs1. The van der Waals surface area contributed by atoms with Gasteiger partial charge < -0.3 is 10.2 Å². The number of rotatable bonds is 3. The van der Waals surface area contributed by atoms with Crippen LogP contribution in [-0.4, -0.2) is 31.2 Å². The summed E-state index contributed by atoms with van der Waals surface area (Å²) in [6.07, 6.45) is 2.31. The van der Waals surface area contributed by atoms with Gasteiger partial charge in [0.2, 0.25) is 0 Å². The Morgan fingerprint density at radius 1 is 1.50 bits per heavy atom. The molecule has 0 aromatic carbocycles. The topological polar surface area (TPSA) is 28.2 Å². The number of aryl methyl sites for hydroxylation is 1. The smallest absolute Gasteiger partial charge is 0.139 e. The largest absolute Gasteiger partial charge is 0.353 e. The van der Waals surface area contributed by atoms with Gasteiger partial charge in [0, 0.05) is 31.6 Å². The summed E-state index contributed by atoms with van der Waals surface area (Å²) in [5.74, 6) is 1.18. The highest BCUT2D eigenvalue weighted by molar-refractivity contribution is 7.10. The second kappa shape index (κ2) is 4.75. The number of anilines is 1. The minimum atomic E-state index is 1.08. The molecule has 1 fully saturated rings. The average molecular weight is 211 g/mol. The van der Waals surface area contributed by atoms with Crippen molar-refractivity contribution < 1.29 is 0 Å². The summed E-state index contributed by atoms with van der Waals surface area (Å²) in [5.41, 5.74) is 0. The molecular formula is C10H17N3S. The van der Waals surface area contributed by atoms with Crippen molar-refractivity contribution >= 4 is 17.2 Å². The van der Waals surface area contributed by atoms with E-state index < -0.39 is 0 Å². The predicted molar refractivity (Wildman–Crippen MR) is 61.2 cm³/mol. The molecule has 14 heavy (non-hydrogen) atoms. The summed E-state index contributed by atoms with van der Waals surface area (Å²) in [4.78, 5) is 7.01. The van der Waals surface area contributed by atoms with E-state index in [4.69, 9.17) is 0 Å². The second-order valence-corrected chi connectivity index (χ2v) is 4.53. The molecule has 2 heterocycles. The van der Waals surface area contributed by atoms with Crippen LogP contribution in [0.25, 0.3) is 0 Å². The zero-order chi connectivity index (χ0) is 9.80. The Morgan fingerprint density at radius 2 is 2.29 bits per heavy atom. The minimum Gasteiger partial charge on any atom is -0.353 e. The van der Waals surface area contributed by atoms with Crippen LogP contribution in [0, 0.1) is 0 Å². The number of piperazine rings is 1. The fraction of sp³-hybridized carbons (Fsp3) is 0.700. The van der Waals surface area contributed by atoms with Crippen molar-refractivity contribution in [1.29, 1.82) is 0 Å². The zero-order valence-electron chi connectivity index (χ0n) is 8.62. The van der Waals surface area contributed by atoms with Gasteiger partial charge in [-0.05, 0) is 12.8 Å². The van der Waals surface area contributed by atoms with Crippen molar-refractivity contribution in [2.75, 3.05) is 31.1 Å². The molecule has 0 saturated carbocycles. The lowest BCUT2D eigenvalue weighted by molar-refractivity contribution is 0.585. The van der Waals surface area contributed by atoms with Crippen LogP contribution >= 0.6 is 11.3 Å². The third kappa shape index (κ3) is 2.25. The fourth-order valence-electron chi connectivity index (χ4n) is 1.67. The molecule has 0 radical (unpaired) electrons. The minimum absolute atomic E-state index is 1.08. The van der Waals surface area contributed by atoms with Gasteiger partial charge in [0.25, 0.3) is 0 Å². The van der Waals surface area contributed by atoms with Crippen LogP contribution in [0.3, 0.4) is 0 Å². The van der Waals surface area contributed by atoms with Crippen molar-refractivity contribution in [3.63, 3.8) is 0 Å². The first kappa shape index (κ1) is 9.93. The average Bonchev–Trinajstić information content (AvgIpc) is 2.68. The summed E-state index contributed by atoms with van der Waals surface area (Å²) in [7, 11) is 0. The first-order chi connectivity index (χ1) is 6.90. The van der Waals surface area contributed by atoms with Crippen molar-refractivity contribution in [3.05, 3.63) is 10.4 Å². The van der Waals surface area contributed by atoms with Crippen LogP contribution in [0.4, 0.5) is 5.82 Å². The van der Waals surface area contributed by atoms with E-state index >= 15 is 0 Å². The van der Waals surface area contributed by atoms with E-state index in [0.717, 1.165) is 32.6 Å². The number of nitrogens with one attached hydrogen (secondary N) is 1. The summed E-state index contributed by atoms with van der Waals surface area (Å²) in [6.45, 7) is 6.55.